The van der Waals surface area contributed by atoms with Gasteiger partial charge >= 0.3 is 0 Å². The van der Waals surface area contributed by atoms with Crippen molar-refractivity contribution >= 4 is 0 Å². The average molecular weight is 247 g/mol. The van der Waals surface area contributed by atoms with E-state index in [2.05, 4.69) is 36.5 Å². The van der Waals surface area contributed by atoms with E-state index in [1.165, 1.54) is 31.2 Å². The monoisotopic (exact) mass is 247 g/mol. The minimum Gasteiger partial charge on any atom is -0.310 e. The summed E-state index contributed by atoms with van der Waals surface area (Å²) in [6, 6.07) is 0.430. The summed E-state index contributed by atoms with van der Waals surface area (Å²) >= 11 is 0. The Bertz CT molecular complexity index is 392. The van der Waals surface area contributed by atoms with E-state index in [1.54, 1.807) is 5.57 Å². The lowest BCUT2D eigenvalue weighted by molar-refractivity contribution is 0.526. The Balaban J connectivity index is 2.04. The fourth-order valence-corrected chi connectivity index (χ4v) is 2.64. The van der Waals surface area contributed by atoms with Gasteiger partial charge in [0.25, 0.3) is 0 Å². The average Bonchev–Trinajstić information content (AvgIpc) is 2.88. The molecule has 0 spiro atoms. The van der Waals surface area contributed by atoms with Gasteiger partial charge in [-0.05, 0) is 45.6 Å². The molecule has 100 valence electrons. The summed E-state index contributed by atoms with van der Waals surface area (Å²) in [5.74, 6) is 0. The molecule has 2 rings (SSSR count). The topological polar surface area (TPSA) is 29.9 Å². The fourth-order valence-electron chi connectivity index (χ4n) is 2.64. The Morgan fingerprint density at radius 3 is 2.89 bits per heavy atom. The van der Waals surface area contributed by atoms with Gasteiger partial charge in [0.15, 0.2) is 0 Å². The van der Waals surface area contributed by atoms with Crippen LogP contribution >= 0.6 is 0 Å². The first-order valence-corrected chi connectivity index (χ1v) is 7.27. The summed E-state index contributed by atoms with van der Waals surface area (Å²) in [5.41, 5.74) is 2.95. The van der Waals surface area contributed by atoms with E-state index in [4.69, 9.17) is 0 Å². The first-order valence-electron chi connectivity index (χ1n) is 7.27. The first kappa shape index (κ1) is 13.3. The molecular weight excluding hydrogens is 222 g/mol. The van der Waals surface area contributed by atoms with Crippen LogP contribution in [-0.2, 0) is 6.54 Å². The van der Waals surface area contributed by atoms with E-state index in [1.807, 2.05) is 10.9 Å². The maximum atomic E-state index is 4.39. The first-order chi connectivity index (χ1) is 8.83. The van der Waals surface area contributed by atoms with Crippen molar-refractivity contribution in [1.29, 1.82) is 0 Å². The van der Waals surface area contributed by atoms with Crippen molar-refractivity contribution in [3.63, 3.8) is 0 Å². The van der Waals surface area contributed by atoms with Crippen LogP contribution in [0, 0.1) is 0 Å². The number of nitrogens with one attached hydrogen (secondary N) is 1. The van der Waals surface area contributed by atoms with Gasteiger partial charge in [-0.2, -0.15) is 5.10 Å². The molecule has 1 aromatic rings. The Morgan fingerprint density at radius 2 is 2.28 bits per heavy atom. The molecule has 1 aliphatic carbocycles. The van der Waals surface area contributed by atoms with Crippen molar-refractivity contribution < 1.29 is 0 Å². The molecule has 1 aromatic heterocycles. The second-order valence-electron chi connectivity index (χ2n) is 5.05. The third kappa shape index (κ3) is 3.45. The highest BCUT2D eigenvalue weighted by Gasteiger charge is 2.15. The largest absolute Gasteiger partial charge is 0.310 e. The SMILES string of the molecule is CCNC(CC1=CCCCC1)c1cnn(CC)c1. The quantitative estimate of drug-likeness (QED) is 0.780. The highest BCUT2D eigenvalue weighted by atomic mass is 15.3. The minimum absolute atomic E-state index is 0.430. The van der Waals surface area contributed by atoms with Gasteiger partial charge in [0.05, 0.1) is 6.20 Å². The summed E-state index contributed by atoms with van der Waals surface area (Å²) in [6.07, 6.45) is 13.0. The molecule has 0 saturated carbocycles. The molecule has 0 amide bonds. The van der Waals surface area contributed by atoms with Crippen LogP contribution in [0.5, 0.6) is 0 Å². The van der Waals surface area contributed by atoms with E-state index in [-0.39, 0.29) is 0 Å². The molecule has 1 heterocycles. The molecule has 0 radical (unpaired) electrons. The fraction of sp³-hybridized carbons (Fsp3) is 0.667. The van der Waals surface area contributed by atoms with Crippen molar-refractivity contribution in [3.05, 3.63) is 29.6 Å². The third-order valence-electron chi connectivity index (χ3n) is 3.68. The molecule has 1 aliphatic rings. The van der Waals surface area contributed by atoms with Gasteiger partial charge in [-0.3, -0.25) is 4.68 Å². The van der Waals surface area contributed by atoms with Gasteiger partial charge in [-0.1, -0.05) is 18.6 Å². The van der Waals surface area contributed by atoms with Gasteiger partial charge in [0.2, 0.25) is 0 Å². The molecule has 0 saturated heterocycles. The number of hydrogen-bond acceptors (Lipinski definition) is 2. The molecule has 3 heteroatoms. The Hall–Kier alpha value is -1.09. The lowest BCUT2D eigenvalue weighted by Gasteiger charge is -2.20. The van der Waals surface area contributed by atoms with E-state index in [9.17, 15) is 0 Å². The van der Waals surface area contributed by atoms with Crippen LogP contribution in [0.25, 0.3) is 0 Å². The number of aryl methyl sites for hydroxylation is 1. The predicted molar refractivity (Wildman–Crippen MR) is 75.5 cm³/mol. The van der Waals surface area contributed by atoms with Crippen molar-refractivity contribution in [1.82, 2.24) is 15.1 Å². The van der Waals surface area contributed by atoms with Crippen LogP contribution in [0.4, 0.5) is 0 Å². The molecule has 0 aliphatic heterocycles. The van der Waals surface area contributed by atoms with E-state index in [0.717, 1.165) is 19.5 Å². The van der Waals surface area contributed by atoms with Gasteiger partial charge in [-0.15, -0.1) is 0 Å². The predicted octanol–water partition coefficient (Wildman–Crippen LogP) is 3.44. The molecule has 1 unspecified atom stereocenters. The summed E-state index contributed by atoms with van der Waals surface area (Å²) in [4.78, 5) is 0. The van der Waals surface area contributed by atoms with E-state index < -0.39 is 0 Å². The highest BCUT2D eigenvalue weighted by Crippen LogP contribution is 2.27. The summed E-state index contributed by atoms with van der Waals surface area (Å²) < 4.78 is 2.01. The van der Waals surface area contributed by atoms with Gasteiger partial charge in [0.1, 0.15) is 0 Å². The molecule has 3 nitrogen and oxygen atoms in total. The normalized spacial score (nSPS) is 17.6. The van der Waals surface area contributed by atoms with Crippen molar-refractivity contribution in [3.8, 4) is 0 Å². The Labute approximate surface area is 110 Å². The molecular formula is C15H25N3. The van der Waals surface area contributed by atoms with Crippen molar-refractivity contribution in [2.24, 2.45) is 0 Å². The molecule has 1 atom stereocenters. The van der Waals surface area contributed by atoms with Gasteiger partial charge in [-0.25, -0.2) is 0 Å². The van der Waals surface area contributed by atoms with Crippen molar-refractivity contribution in [2.45, 2.75) is 58.5 Å². The standard InChI is InChI=1S/C15H25N3/c1-3-16-15(10-13-8-6-5-7-9-13)14-11-17-18(4-2)12-14/h8,11-12,15-16H,3-7,9-10H2,1-2H3. The number of aromatic nitrogens is 2. The smallest absolute Gasteiger partial charge is 0.0537 e. The molecule has 0 aromatic carbocycles. The maximum absolute atomic E-state index is 4.39. The zero-order valence-corrected chi connectivity index (χ0v) is 11.7. The summed E-state index contributed by atoms with van der Waals surface area (Å²) in [7, 11) is 0. The molecule has 18 heavy (non-hydrogen) atoms. The minimum atomic E-state index is 0.430. The van der Waals surface area contributed by atoms with E-state index in [0.29, 0.717) is 6.04 Å². The summed E-state index contributed by atoms with van der Waals surface area (Å²) in [6.45, 7) is 6.26. The Kier molecular flexibility index (Phi) is 5.00. The lowest BCUT2D eigenvalue weighted by Crippen LogP contribution is -2.21. The van der Waals surface area contributed by atoms with Crippen LogP contribution < -0.4 is 5.32 Å². The summed E-state index contributed by atoms with van der Waals surface area (Å²) in [5, 5.41) is 7.98. The third-order valence-corrected chi connectivity index (χ3v) is 3.68. The van der Waals surface area contributed by atoms with Gasteiger partial charge < -0.3 is 5.32 Å². The van der Waals surface area contributed by atoms with Crippen molar-refractivity contribution in [2.75, 3.05) is 6.54 Å². The van der Waals surface area contributed by atoms with Gasteiger partial charge in [0, 0.05) is 24.3 Å². The van der Waals surface area contributed by atoms with Crippen LogP contribution in [0.2, 0.25) is 0 Å². The highest BCUT2D eigenvalue weighted by molar-refractivity contribution is 5.16. The zero-order valence-electron chi connectivity index (χ0n) is 11.7. The van der Waals surface area contributed by atoms with E-state index >= 15 is 0 Å². The molecule has 0 fully saturated rings. The molecule has 1 N–H and O–H groups in total. The Morgan fingerprint density at radius 1 is 1.39 bits per heavy atom. The van der Waals surface area contributed by atoms with Crippen LogP contribution in [0.3, 0.4) is 0 Å². The number of allylic oxidation sites excluding steroid dienone is 1. The molecule has 0 bridgehead atoms. The van der Waals surface area contributed by atoms with Crippen LogP contribution in [-0.4, -0.2) is 16.3 Å². The lowest BCUT2D eigenvalue weighted by atomic mass is 9.92. The second kappa shape index (κ2) is 6.74. The second-order valence-corrected chi connectivity index (χ2v) is 5.05. The number of hydrogen-bond donors (Lipinski definition) is 1. The zero-order chi connectivity index (χ0) is 12.8. The maximum Gasteiger partial charge on any atom is 0.0537 e. The van der Waals surface area contributed by atoms with Crippen LogP contribution in [0.1, 0.15) is 57.6 Å². The number of nitrogens with zero attached hydrogens (tertiary/aromatic N) is 2. The van der Waals surface area contributed by atoms with Crippen LogP contribution in [0.15, 0.2) is 24.0 Å². The number of rotatable bonds is 6.